The van der Waals surface area contributed by atoms with E-state index in [1.165, 1.54) is 13.0 Å². The number of halogens is 1. The quantitative estimate of drug-likeness (QED) is 0.452. The van der Waals surface area contributed by atoms with E-state index in [9.17, 15) is 0 Å². The van der Waals surface area contributed by atoms with Crippen molar-refractivity contribution in [3.63, 3.8) is 0 Å². The summed E-state index contributed by atoms with van der Waals surface area (Å²) in [6, 6.07) is 0. The van der Waals surface area contributed by atoms with Gasteiger partial charge < -0.3 is 4.90 Å². The molecule has 0 aromatic rings. The van der Waals surface area contributed by atoms with Gasteiger partial charge in [0.15, 0.2) is 0 Å². The Kier molecular flexibility index (Phi) is 2.15. The summed E-state index contributed by atoms with van der Waals surface area (Å²) in [4.78, 5) is 2.15. The molecule has 0 aromatic carbocycles. The van der Waals surface area contributed by atoms with Crippen LogP contribution < -0.4 is 0 Å². The highest BCUT2D eigenvalue weighted by Crippen LogP contribution is 2.16. The van der Waals surface area contributed by atoms with Crippen molar-refractivity contribution >= 4 is 11.6 Å². The molecule has 0 aromatic heterocycles. The molecule has 0 saturated carbocycles. The van der Waals surface area contributed by atoms with Crippen LogP contribution in [0.1, 0.15) is 12.8 Å². The van der Waals surface area contributed by atoms with E-state index >= 15 is 0 Å². The second kappa shape index (κ2) is 2.70. The van der Waals surface area contributed by atoms with Crippen molar-refractivity contribution in [1.82, 2.24) is 4.90 Å². The molecule has 1 unspecified atom stereocenters. The van der Waals surface area contributed by atoms with Crippen LogP contribution in [0.3, 0.4) is 0 Å². The van der Waals surface area contributed by atoms with E-state index in [0.717, 1.165) is 6.42 Å². The Labute approximate surface area is 55.6 Å². The number of alkyl halides is 1. The fraction of sp³-hybridized carbons (Fsp3) is 0.833. The summed E-state index contributed by atoms with van der Waals surface area (Å²) in [5.41, 5.74) is 0. The van der Waals surface area contributed by atoms with E-state index in [0.29, 0.717) is 0 Å². The molecule has 1 aliphatic rings. The van der Waals surface area contributed by atoms with Crippen LogP contribution in [0.2, 0.25) is 0 Å². The zero-order chi connectivity index (χ0) is 5.98. The SMILES string of the molecule is CN1[CH]C(Cl)CCC1. The molecule has 0 spiro atoms. The maximum absolute atomic E-state index is 5.81. The van der Waals surface area contributed by atoms with Crippen LogP contribution in [0.4, 0.5) is 0 Å². The van der Waals surface area contributed by atoms with Crippen molar-refractivity contribution in [2.45, 2.75) is 18.2 Å². The summed E-state index contributed by atoms with van der Waals surface area (Å²) in [7, 11) is 2.06. The van der Waals surface area contributed by atoms with Gasteiger partial charge in [-0.1, -0.05) is 0 Å². The van der Waals surface area contributed by atoms with E-state index < -0.39 is 0 Å². The predicted molar refractivity (Wildman–Crippen MR) is 35.8 cm³/mol. The van der Waals surface area contributed by atoms with E-state index in [1.807, 2.05) is 0 Å². The molecule has 47 valence electrons. The van der Waals surface area contributed by atoms with Crippen molar-refractivity contribution in [2.24, 2.45) is 0 Å². The van der Waals surface area contributed by atoms with Crippen LogP contribution in [0, 0.1) is 6.54 Å². The lowest BCUT2D eigenvalue weighted by molar-refractivity contribution is 0.339. The maximum Gasteiger partial charge on any atom is 0.0507 e. The van der Waals surface area contributed by atoms with Gasteiger partial charge in [-0.25, -0.2) is 0 Å². The smallest absolute Gasteiger partial charge is 0.0507 e. The van der Waals surface area contributed by atoms with Crippen LogP contribution in [-0.4, -0.2) is 23.9 Å². The standard InChI is InChI=1S/C6H11ClN/c1-8-4-2-3-6(7)5-8/h5-6H,2-4H2,1H3. The molecule has 1 radical (unpaired) electrons. The molecular formula is C6H11ClN. The van der Waals surface area contributed by atoms with Crippen LogP contribution in [0.15, 0.2) is 0 Å². The maximum atomic E-state index is 5.81. The first kappa shape index (κ1) is 6.37. The Balaban J connectivity index is 2.23. The van der Waals surface area contributed by atoms with Gasteiger partial charge in [-0.2, -0.15) is 0 Å². The average molecular weight is 133 g/mol. The number of rotatable bonds is 0. The average Bonchev–Trinajstić information content (AvgIpc) is 1.64. The first-order valence-corrected chi connectivity index (χ1v) is 3.42. The van der Waals surface area contributed by atoms with Crippen LogP contribution in [0.5, 0.6) is 0 Å². The van der Waals surface area contributed by atoms with Gasteiger partial charge in [0, 0.05) is 6.54 Å². The summed E-state index contributed by atoms with van der Waals surface area (Å²) in [5, 5.41) is 0.286. The summed E-state index contributed by atoms with van der Waals surface area (Å²) >= 11 is 5.81. The number of nitrogens with zero attached hydrogens (tertiary/aromatic N) is 1. The molecule has 1 aliphatic heterocycles. The Morgan fingerprint density at radius 1 is 1.75 bits per heavy atom. The minimum atomic E-state index is 0.286. The third kappa shape index (κ3) is 1.64. The second-order valence-electron chi connectivity index (χ2n) is 2.29. The summed E-state index contributed by atoms with van der Waals surface area (Å²) < 4.78 is 0. The Morgan fingerprint density at radius 2 is 2.50 bits per heavy atom. The lowest BCUT2D eigenvalue weighted by atomic mass is 10.1. The molecule has 0 bridgehead atoms. The van der Waals surface area contributed by atoms with Gasteiger partial charge in [0.2, 0.25) is 0 Å². The molecule has 1 atom stereocenters. The van der Waals surface area contributed by atoms with Gasteiger partial charge >= 0.3 is 0 Å². The lowest BCUT2D eigenvalue weighted by Crippen LogP contribution is -2.27. The molecule has 1 rings (SSSR count). The van der Waals surface area contributed by atoms with E-state index in [2.05, 4.69) is 18.5 Å². The monoisotopic (exact) mass is 132 g/mol. The molecular weight excluding hydrogens is 122 g/mol. The molecule has 1 fully saturated rings. The molecule has 1 nitrogen and oxygen atoms in total. The van der Waals surface area contributed by atoms with Gasteiger partial charge in [0.25, 0.3) is 0 Å². The summed E-state index contributed by atoms with van der Waals surface area (Å²) in [5.74, 6) is 0. The summed E-state index contributed by atoms with van der Waals surface area (Å²) in [6.45, 7) is 3.24. The third-order valence-electron chi connectivity index (χ3n) is 1.41. The fourth-order valence-corrected chi connectivity index (χ4v) is 1.31. The zero-order valence-corrected chi connectivity index (χ0v) is 5.86. The van der Waals surface area contributed by atoms with Crippen LogP contribution in [-0.2, 0) is 0 Å². The molecule has 8 heavy (non-hydrogen) atoms. The molecule has 1 saturated heterocycles. The topological polar surface area (TPSA) is 3.24 Å². The Hall–Kier alpha value is 0.250. The largest absolute Gasteiger partial charge is 0.300 e. The van der Waals surface area contributed by atoms with Crippen LogP contribution >= 0.6 is 11.6 Å². The fourth-order valence-electron chi connectivity index (χ4n) is 0.961. The Bertz CT molecular complexity index is 66.9. The number of hydrogen-bond donors (Lipinski definition) is 0. The number of hydrogen-bond acceptors (Lipinski definition) is 1. The molecule has 2 heteroatoms. The van der Waals surface area contributed by atoms with Crippen molar-refractivity contribution < 1.29 is 0 Å². The minimum absolute atomic E-state index is 0.286. The van der Waals surface area contributed by atoms with E-state index in [-0.39, 0.29) is 5.38 Å². The van der Waals surface area contributed by atoms with Crippen LogP contribution in [0.25, 0.3) is 0 Å². The normalized spacial score (nSPS) is 33.0. The lowest BCUT2D eigenvalue weighted by Gasteiger charge is -2.24. The Morgan fingerprint density at radius 3 is 2.88 bits per heavy atom. The second-order valence-corrected chi connectivity index (χ2v) is 2.85. The number of piperidine rings is 1. The van der Waals surface area contributed by atoms with Crippen molar-refractivity contribution in [1.29, 1.82) is 0 Å². The van der Waals surface area contributed by atoms with Crippen molar-refractivity contribution in [3.05, 3.63) is 6.54 Å². The van der Waals surface area contributed by atoms with E-state index in [1.54, 1.807) is 0 Å². The van der Waals surface area contributed by atoms with Gasteiger partial charge in [-0.3, -0.25) is 0 Å². The van der Waals surface area contributed by atoms with E-state index in [4.69, 9.17) is 11.6 Å². The molecule has 1 heterocycles. The molecule has 0 amide bonds. The highest BCUT2D eigenvalue weighted by molar-refractivity contribution is 6.21. The zero-order valence-electron chi connectivity index (χ0n) is 5.10. The molecule has 0 aliphatic carbocycles. The first-order valence-electron chi connectivity index (χ1n) is 2.98. The van der Waals surface area contributed by atoms with Gasteiger partial charge in [0.05, 0.1) is 5.38 Å². The van der Waals surface area contributed by atoms with Crippen molar-refractivity contribution in [2.75, 3.05) is 13.6 Å². The summed E-state index contributed by atoms with van der Waals surface area (Å²) in [6.07, 6.45) is 2.38. The molecule has 0 N–H and O–H groups in total. The highest BCUT2D eigenvalue weighted by Gasteiger charge is 2.13. The highest BCUT2D eigenvalue weighted by atomic mass is 35.5. The predicted octanol–water partition coefficient (Wildman–Crippen LogP) is 1.48. The van der Waals surface area contributed by atoms with Gasteiger partial charge in [-0.15, -0.1) is 11.6 Å². The first-order chi connectivity index (χ1) is 3.79. The third-order valence-corrected chi connectivity index (χ3v) is 1.74. The van der Waals surface area contributed by atoms with Gasteiger partial charge in [-0.05, 0) is 26.4 Å². The van der Waals surface area contributed by atoms with Crippen molar-refractivity contribution in [3.8, 4) is 0 Å². The number of likely N-dealkylation sites (tertiary alicyclic amines) is 1. The minimum Gasteiger partial charge on any atom is -0.300 e. The van der Waals surface area contributed by atoms with Gasteiger partial charge in [0.1, 0.15) is 0 Å².